The molecule has 3 aromatic carbocycles. The average Bonchev–Trinajstić information content (AvgIpc) is 2.61. The molecule has 0 fully saturated rings. The summed E-state index contributed by atoms with van der Waals surface area (Å²) in [6.45, 7) is 0.616. The molecule has 0 spiro atoms. The van der Waals surface area contributed by atoms with Crippen molar-refractivity contribution in [2.24, 2.45) is 0 Å². The number of rotatable bonds is 5. The van der Waals surface area contributed by atoms with Crippen LogP contribution in [0.4, 0.5) is 5.69 Å². The van der Waals surface area contributed by atoms with Crippen LogP contribution >= 0.6 is 0 Å². The normalized spacial score (nSPS) is 10.5. The Kier molecular flexibility index (Phi) is 4.57. The van der Waals surface area contributed by atoms with Gasteiger partial charge < -0.3 is 10.6 Å². The molecule has 3 nitrogen and oxygen atoms in total. The Morgan fingerprint density at radius 1 is 0.913 bits per heavy atom. The van der Waals surface area contributed by atoms with Gasteiger partial charge in [-0.15, -0.1) is 0 Å². The largest absolute Gasteiger partial charge is 0.387 e. The van der Waals surface area contributed by atoms with Crippen LogP contribution in [0.15, 0.2) is 66.7 Å². The molecule has 0 unspecified atom stereocenters. The van der Waals surface area contributed by atoms with Gasteiger partial charge in [-0.05, 0) is 34.9 Å². The second-order valence-corrected chi connectivity index (χ2v) is 5.44. The Balaban J connectivity index is 1.68. The van der Waals surface area contributed by atoms with E-state index in [-0.39, 0.29) is 5.91 Å². The van der Waals surface area contributed by atoms with Crippen molar-refractivity contribution in [1.82, 2.24) is 5.32 Å². The van der Waals surface area contributed by atoms with E-state index in [0.29, 0.717) is 12.1 Å². The SMILES string of the molecule is CNc1ccccc1C(=O)NCCc1cccc2ccccc12. The highest BCUT2D eigenvalue weighted by molar-refractivity contribution is 5.99. The molecule has 3 aromatic rings. The fourth-order valence-electron chi connectivity index (χ4n) is 2.82. The number of hydrogen-bond acceptors (Lipinski definition) is 2. The van der Waals surface area contributed by atoms with Gasteiger partial charge in [0.1, 0.15) is 0 Å². The monoisotopic (exact) mass is 304 g/mol. The van der Waals surface area contributed by atoms with E-state index in [1.54, 1.807) is 0 Å². The number of nitrogens with one attached hydrogen (secondary N) is 2. The molecule has 0 radical (unpaired) electrons. The van der Waals surface area contributed by atoms with Crippen LogP contribution in [0.1, 0.15) is 15.9 Å². The van der Waals surface area contributed by atoms with Crippen molar-refractivity contribution in [2.45, 2.75) is 6.42 Å². The van der Waals surface area contributed by atoms with Gasteiger partial charge in [0.15, 0.2) is 0 Å². The predicted molar refractivity (Wildman–Crippen MR) is 96.0 cm³/mol. The number of para-hydroxylation sites is 1. The maximum atomic E-state index is 12.3. The number of hydrogen-bond donors (Lipinski definition) is 2. The third-order valence-electron chi connectivity index (χ3n) is 4.00. The molecule has 0 saturated heterocycles. The summed E-state index contributed by atoms with van der Waals surface area (Å²) in [4.78, 5) is 12.3. The summed E-state index contributed by atoms with van der Waals surface area (Å²) in [7, 11) is 1.82. The van der Waals surface area contributed by atoms with Crippen molar-refractivity contribution in [3.8, 4) is 0 Å². The molecule has 0 saturated carbocycles. The summed E-state index contributed by atoms with van der Waals surface area (Å²) < 4.78 is 0. The van der Waals surface area contributed by atoms with Gasteiger partial charge in [-0.25, -0.2) is 0 Å². The van der Waals surface area contributed by atoms with Gasteiger partial charge in [-0.2, -0.15) is 0 Å². The van der Waals surface area contributed by atoms with Crippen LogP contribution in [0, 0.1) is 0 Å². The highest BCUT2D eigenvalue weighted by Gasteiger charge is 2.09. The van der Waals surface area contributed by atoms with Gasteiger partial charge in [0.2, 0.25) is 0 Å². The molecule has 23 heavy (non-hydrogen) atoms. The summed E-state index contributed by atoms with van der Waals surface area (Å²) >= 11 is 0. The molecule has 0 atom stereocenters. The number of carbonyl (C=O) groups excluding carboxylic acids is 1. The van der Waals surface area contributed by atoms with Crippen molar-refractivity contribution < 1.29 is 4.79 Å². The van der Waals surface area contributed by atoms with Crippen molar-refractivity contribution >= 4 is 22.4 Å². The molecular formula is C20H20N2O. The summed E-state index contributed by atoms with van der Waals surface area (Å²) in [6.07, 6.45) is 0.814. The van der Waals surface area contributed by atoms with Crippen LogP contribution in [-0.4, -0.2) is 19.5 Å². The molecule has 0 heterocycles. The predicted octanol–water partition coefficient (Wildman–Crippen LogP) is 3.85. The number of benzene rings is 3. The lowest BCUT2D eigenvalue weighted by atomic mass is 10.0. The topological polar surface area (TPSA) is 41.1 Å². The minimum absolute atomic E-state index is 0.0461. The molecule has 0 aliphatic rings. The molecule has 3 heteroatoms. The van der Waals surface area contributed by atoms with Crippen LogP contribution in [0.25, 0.3) is 10.8 Å². The van der Waals surface area contributed by atoms with Crippen molar-refractivity contribution in [3.05, 3.63) is 77.9 Å². The average molecular weight is 304 g/mol. The first-order valence-electron chi connectivity index (χ1n) is 7.81. The molecule has 1 amide bonds. The van der Waals surface area contributed by atoms with Gasteiger partial charge in [0.05, 0.1) is 5.56 Å². The number of fused-ring (bicyclic) bond motifs is 1. The Labute approximate surface area is 136 Å². The van der Waals surface area contributed by atoms with Crippen molar-refractivity contribution in [1.29, 1.82) is 0 Å². The zero-order valence-electron chi connectivity index (χ0n) is 13.2. The zero-order valence-corrected chi connectivity index (χ0v) is 13.2. The molecular weight excluding hydrogens is 284 g/mol. The van der Waals surface area contributed by atoms with E-state index in [1.165, 1.54) is 16.3 Å². The number of carbonyl (C=O) groups is 1. The van der Waals surface area contributed by atoms with E-state index in [9.17, 15) is 4.79 Å². The summed E-state index contributed by atoms with van der Waals surface area (Å²) in [5, 5.41) is 8.54. The third kappa shape index (κ3) is 3.34. The van der Waals surface area contributed by atoms with Crippen molar-refractivity contribution in [2.75, 3.05) is 18.9 Å². The van der Waals surface area contributed by atoms with Gasteiger partial charge in [-0.1, -0.05) is 54.6 Å². The first kappa shape index (κ1) is 15.1. The van der Waals surface area contributed by atoms with Crippen LogP contribution in [0.2, 0.25) is 0 Å². The van der Waals surface area contributed by atoms with Crippen LogP contribution in [0.5, 0.6) is 0 Å². The Bertz CT molecular complexity index is 821. The van der Waals surface area contributed by atoms with Gasteiger partial charge in [-0.3, -0.25) is 4.79 Å². The van der Waals surface area contributed by atoms with E-state index in [4.69, 9.17) is 0 Å². The molecule has 2 N–H and O–H groups in total. The maximum Gasteiger partial charge on any atom is 0.253 e. The maximum absolute atomic E-state index is 12.3. The Morgan fingerprint density at radius 2 is 1.65 bits per heavy atom. The molecule has 0 aromatic heterocycles. The van der Waals surface area contributed by atoms with E-state index in [1.807, 2.05) is 43.4 Å². The molecule has 116 valence electrons. The molecule has 0 aliphatic carbocycles. The number of amides is 1. The summed E-state index contributed by atoms with van der Waals surface area (Å²) in [5.41, 5.74) is 2.77. The van der Waals surface area contributed by atoms with Crippen LogP contribution < -0.4 is 10.6 Å². The minimum Gasteiger partial charge on any atom is -0.387 e. The first-order valence-corrected chi connectivity index (χ1v) is 7.81. The van der Waals surface area contributed by atoms with Gasteiger partial charge in [0, 0.05) is 19.3 Å². The van der Waals surface area contributed by atoms with Gasteiger partial charge >= 0.3 is 0 Å². The summed E-state index contributed by atoms with van der Waals surface area (Å²) in [6, 6.07) is 22.2. The van der Waals surface area contributed by atoms with Crippen LogP contribution in [0.3, 0.4) is 0 Å². The lowest BCUT2D eigenvalue weighted by Gasteiger charge is -2.10. The highest BCUT2D eigenvalue weighted by atomic mass is 16.1. The molecule has 0 bridgehead atoms. The fourth-order valence-corrected chi connectivity index (χ4v) is 2.82. The number of anilines is 1. The smallest absolute Gasteiger partial charge is 0.253 e. The second kappa shape index (κ2) is 6.97. The molecule has 3 rings (SSSR count). The van der Waals surface area contributed by atoms with Crippen LogP contribution in [-0.2, 0) is 6.42 Å². The first-order chi connectivity index (χ1) is 11.3. The summed E-state index contributed by atoms with van der Waals surface area (Å²) in [5.74, 6) is -0.0461. The third-order valence-corrected chi connectivity index (χ3v) is 4.00. The lowest BCUT2D eigenvalue weighted by Crippen LogP contribution is -2.26. The van der Waals surface area contributed by atoms with E-state index in [0.717, 1.165) is 12.1 Å². The van der Waals surface area contributed by atoms with E-state index in [2.05, 4.69) is 41.0 Å². The Hall–Kier alpha value is -2.81. The minimum atomic E-state index is -0.0461. The highest BCUT2D eigenvalue weighted by Crippen LogP contribution is 2.19. The van der Waals surface area contributed by atoms with E-state index < -0.39 is 0 Å². The fraction of sp³-hybridized carbons (Fsp3) is 0.150. The van der Waals surface area contributed by atoms with E-state index >= 15 is 0 Å². The standard InChI is InChI=1S/C20H20N2O/c1-21-19-12-5-4-11-18(19)20(23)22-14-13-16-9-6-8-15-7-2-3-10-17(15)16/h2-12,21H,13-14H2,1H3,(H,22,23). The Morgan fingerprint density at radius 3 is 2.52 bits per heavy atom. The quantitative estimate of drug-likeness (QED) is 0.751. The van der Waals surface area contributed by atoms with Crippen molar-refractivity contribution in [3.63, 3.8) is 0 Å². The lowest BCUT2D eigenvalue weighted by molar-refractivity contribution is 0.0955. The van der Waals surface area contributed by atoms with Gasteiger partial charge in [0.25, 0.3) is 5.91 Å². The second-order valence-electron chi connectivity index (χ2n) is 5.44. The molecule has 0 aliphatic heterocycles. The zero-order chi connectivity index (χ0) is 16.1.